The fraction of sp³-hybridized carbons (Fsp3) is 0.611. The molecular formula is C18H21F3N2O2. The third kappa shape index (κ3) is 4.86. The molecular weight excluding hydrogens is 333 g/mol. The van der Waals surface area contributed by atoms with Crippen LogP contribution in [0.4, 0.5) is 13.2 Å². The third-order valence-corrected chi connectivity index (χ3v) is 5.09. The van der Waals surface area contributed by atoms with Crippen molar-refractivity contribution in [1.82, 2.24) is 4.90 Å². The van der Waals surface area contributed by atoms with Gasteiger partial charge >= 0.3 is 6.36 Å². The fourth-order valence-corrected chi connectivity index (χ4v) is 3.38. The maximum absolute atomic E-state index is 12.2. The van der Waals surface area contributed by atoms with Crippen molar-refractivity contribution in [3.05, 3.63) is 29.8 Å². The summed E-state index contributed by atoms with van der Waals surface area (Å²) in [5.41, 5.74) is -0.253. The monoisotopic (exact) mass is 354 g/mol. The largest absolute Gasteiger partial charge is 0.573 e. The Balaban J connectivity index is 1.52. The summed E-state index contributed by atoms with van der Waals surface area (Å²) in [5, 5.41) is 19.9. The number of hydrogen-bond acceptors (Lipinski definition) is 4. The van der Waals surface area contributed by atoms with E-state index in [2.05, 4.69) is 15.7 Å². The number of likely N-dealkylation sites (tertiary alicyclic amines) is 1. The molecule has 136 valence electrons. The fourth-order valence-electron chi connectivity index (χ4n) is 3.38. The van der Waals surface area contributed by atoms with Crippen LogP contribution < -0.4 is 4.74 Å². The Hall–Kier alpha value is -1.78. The van der Waals surface area contributed by atoms with Crippen molar-refractivity contribution in [3.8, 4) is 11.8 Å². The normalized spacial score (nSPS) is 22.2. The van der Waals surface area contributed by atoms with E-state index in [9.17, 15) is 23.5 Å². The van der Waals surface area contributed by atoms with E-state index < -0.39 is 12.0 Å². The first kappa shape index (κ1) is 18.0. The molecule has 0 amide bonds. The van der Waals surface area contributed by atoms with E-state index in [0.717, 1.165) is 38.0 Å². The molecule has 25 heavy (non-hydrogen) atoms. The Bertz CT molecular complexity index is 640. The number of piperidine rings is 1. The molecule has 2 aliphatic rings. The van der Waals surface area contributed by atoms with E-state index in [0.29, 0.717) is 19.3 Å². The van der Waals surface area contributed by atoms with Crippen LogP contribution in [0.1, 0.15) is 31.2 Å². The van der Waals surface area contributed by atoms with E-state index in [1.54, 1.807) is 12.1 Å². The maximum Gasteiger partial charge on any atom is 0.573 e. The van der Waals surface area contributed by atoms with E-state index in [1.807, 2.05) is 0 Å². The first-order chi connectivity index (χ1) is 11.7. The molecule has 0 spiro atoms. The van der Waals surface area contributed by atoms with Crippen LogP contribution in [0.5, 0.6) is 5.75 Å². The van der Waals surface area contributed by atoms with Gasteiger partial charge in [0.05, 0.1) is 17.1 Å². The zero-order valence-electron chi connectivity index (χ0n) is 13.9. The highest BCUT2D eigenvalue weighted by Crippen LogP contribution is 2.46. The Labute approximate surface area is 144 Å². The molecule has 0 bridgehead atoms. The Morgan fingerprint density at radius 1 is 1.12 bits per heavy atom. The summed E-state index contributed by atoms with van der Waals surface area (Å²) in [6, 6.07) is 8.04. The number of hydrogen-bond donors (Lipinski definition) is 1. The zero-order valence-corrected chi connectivity index (χ0v) is 13.9. The van der Waals surface area contributed by atoms with Gasteiger partial charge in [0.2, 0.25) is 0 Å². The Kier molecular flexibility index (Phi) is 4.69. The summed E-state index contributed by atoms with van der Waals surface area (Å²) in [6.07, 6.45) is -1.21. The van der Waals surface area contributed by atoms with Gasteiger partial charge in [0, 0.05) is 26.1 Å². The second-order valence-electron chi connectivity index (χ2n) is 7.26. The van der Waals surface area contributed by atoms with Crippen molar-refractivity contribution in [2.45, 2.75) is 44.1 Å². The molecule has 1 aliphatic carbocycles. The van der Waals surface area contributed by atoms with E-state index >= 15 is 0 Å². The number of nitrogens with zero attached hydrogens (tertiary/aromatic N) is 2. The number of benzene rings is 1. The highest BCUT2D eigenvalue weighted by molar-refractivity contribution is 5.28. The van der Waals surface area contributed by atoms with Gasteiger partial charge in [-0.3, -0.25) is 0 Å². The quantitative estimate of drug-likeness (QED) is 0.882. The van der Waals surface area contributed by atoms with Crippen molar-refractivity contribution >= 4 is 0 Å². The topological polar surface area (TPSA) is 56.5 Å². The summed E-state index contributed by atoms with van der Waals surface area (Å²) in [7, 11) is 0. The lowest BCUT2D eigenvalue weighted by atomic mass is 9.85. The summed E-state index contributed by atoms with van der Waals surface area (Å²) < 4.78 is 40.4. The van der Waals surface area contributed by atoms with E-state index in [-0.39, 0.29) is 11.2 Å². The standard InChI is InChI=1S/C18H21F3N2O2/c19-18(20,21)25-15-3-1-14(2-4-15)11-17(24)7-9-23(10-8-17)13-16(12-22)5-6-16/h1-4,24H,5-11,13H2. The van der Waals surface area contributed by atoms with Crippen LogP contribution in [0.3, 0.4) is 0 Å². The van der Waals surface area contributed by atoms with Crippen LogP contribution in [0.15, 0.2) is 24.3 Å². The van der Waals surface area contributed by atoms with Gasteiger partial charge in [-0.25, -0.2) is 0 Å². The highest BCUT2D eigenvalue weighted by Gasteiger charge is 2.45. The van der Waals surface area contributed by atoms with Gasteiger partial charge in [0.25, 0.3) is 0 Å². The molecule has 1 heterocycles. The van der Waals surface area contributed by atoms with Crippen molar-refractivity contribution < 1.29 is 23.0 Å². The van der Waals surface area contributed by atoms with Crippen molar-refractivity contribution in [1.29, 1.82) is 5.26 Å². The second kappa shape index (κ2) is 6.50. The number of halogens is 3. The minimum Gasteiger partial charge on any atom is -0.406 e. The predicted octanol–water partition coefficient (Wildman–Crippen LogP) is 3.26. The molecule has 7 heteroatoms. The van der Waals surface area contributed by atoms with Crippen LogP contribution in [0.25, 0.3) is 0 Å². The molecule has 0 radical (unpaired) electrons. The number of rotatable bonds is 5. The molecule has 0 unspecified atom stereocenters. The molecule has 3 rings (SSSR count). The first-order valence-corrected chi connectivity index (χ1v) is 8.42. The average molecular weight is 354 g/mol. The van der Waals surface area contributed by atoms with Crippen molar-refractivity contribution in [2.24, 2.45) is 5.41 Å². The zero-order chi connectivity index (χ0) is 18.1. The van der Waals surface area contributed by atoms with E-state index in [4.69, 9.17) is 0 Å². The summed E-state index contributed by atoms with van der Waals surface area (Å²) in [4.78, 5) is 2.23. The Morgan fingerprint density at radius 2 is 1.72 bits per heavy atom. The molecule has 1 N–H and O–H groups in total. The SMILES string of the molecule is N#CC1(CN2CCC(O)(Cc3ccc(OC(F)(F)F)cc3)CC2)CC1. The number of nitriles is 1. The highest BCUT2D eigenvalue weighted by atomic mass is 19.4. The van der Waals surface area contributed by atoms with Crippen LogP contribution in [-0.2, 0) is 6.42 Å². The smallest absolute Gasteiger partial charge is 0.406 e. The van der Waals surface area contributed by atoms with Crippen LogP contribution >= 0.6 is 0 Å². The molecule has 1 aromatic carbocycles. The molecule has 0 aromatic heterocycles. The first-order valence-electron chi connectivity index (χ1n) is 8.42. The van der Waals surface area contributed by atoms with Crippen LogP contribution in [0.2, 0.25) is 0 Å². The maximum atomic E-state index is 12.2. The van der Waals surface area contributed by atoms with Gasteiger partial charge < -0.3 is 14.7 Å². The summed E-state index contributed by atoms with van der Waals surface area (Å²) in [5.74, 6) is -0.260. The second-order valence-corrected chi connectivity index (χ2v) is 7.26. The van der Waals surface area contributed by atoms with Gasteiger partial charge in [-0.2, -0.15) is 5.26 Å². The third-order valence-electron chi connectivity index (χ3n) is 5.09. The molecule has 1 aromatic rings. The lowest BCUT2D eigenvalue weighted by molar-refractivity contribution is -0.274. The average Bonchev–Trinajstić information content (AvgIpc) is 3.31. The van der Waals surface area contributed by atoms with E-state index in [1.165, 1.54) is 12.1 Å². The molecule has 1 saturated carbocycles. The number of aliphatic hydroxyl groups is 1. The molecule has 4 nitrogen and oxygen atoms in total. The number of ether oxygens (including phenoxy) is 1. The van der Waals surface area contributed by atoms with Gasteiger partial charge in [-0.05, 0) is 43.4 Å². The van der Waals surface area contributed by atoms with Gasteiger partial charge in [-0.15, -0.1) is 13.2 Å². The molecule has 1 saturated heterocycles. The van der Waals surface area contributed by atoms with Crippen molar-refractivity contribution in [3.63, 3.8) is 0 Å². The summed E-state index contributed by atoms with van der Waals surface area (Å²) >= 11 is 0. The molecule has 2 fully saturated rings. The lowest BCUT2D eigenvalue weighted by Crippen LogP contribution is -2.47. The lowest BCUT2D eigenvalue weighted by Gasteiger charge is -2.39. The molecule has 0 atom stereocenters. The molecule has 1 aliphatic heterocycles. The van der Waals surface area contributed by atoms with Gasteiger partial charge in [0.15, 0.2) is 0 Å². The van der Waals surface area contributed by atoms with Gasteiger partial charge in [-0.1, -0.05) is 12.1 Å². The minimum absolute atomic E-state index is 0.177. The minimum atomic E-state index is -4.70. The van der Waals surface area contributed by atoms with Crippen LogP contribution in [-0.4, -0.2) is 41.6 Å². The number of alkyl halides is 3. The van der Waals surface area contributed by atoms with Crippen molar-refractivity contribution in [2.75, 3.05) is 19.6 Å². The van der Waals surface area contributed by atoms with Crippen LogP contribution in [0, 0.1) is 16.7 Å². The van der Waals surface area contributed by atoms with Gasteiger partial charge in [0.1, 0.15) is 5.75 Å². The summed E-state index contributed by atoms with van der Waals surface area (Å²) in [6.45, 7) is 2.23. The predicted molar refractivity (Wildman–Crippen MR) is 84.7 cm³/mol. The Morgan fingerprint density at radius 3 is 2.20 bits per heavy atom.